The third kappa shape index (κ3) is 11.1. The van der Waals surface area contributed by atoms with Gasteiger partial charge >= 0.3 is 11.9 Å². The van der Waals surface area contributed by atoms with E-state index in [1.807, 2.05) is 0 Å². The van der Waals surface area contributed by atoms with Gasteiger partial charge in [-0.1, -0.05) is 72.2 Å². The smallest absolute Gasteiger partial charge is 0.330 e. The van der Waals surface area contributed by atoms with Gasteiger partial charge in [0.25, 0.3) is 0 Å². The summed E-state index contributed by atoms with van der Waals surface area (Å²) < 4.78 is 16.6. The van der Waals surface area contributed by atoms with Crippen LogP contribution in [0.4, 0.5) is 0 Å². The highest BCUT2D eigenvalue weighted by molar-refractivity contribution is 5.86. The quantitative estimate of drug-likeness (QED) is 0.142. The highest BCUT2D eigenvalue weighted by Crippen LogP contribution is 2.47. The van der Waals surface area contributed by atoms with E-state index in [1.165, 1.54) is 18.7 Å². The van der Waals surface area contributed by atoms with Gasteiger partial charge in [0.1, 0.15) is 0 Å². The van der Waals surface area contributed by atoms with Crippen LogP contribution in [-0.2, 0) is 23.8 Å². The number of carbonyl (C=O) groups excluding carboxylic acids is 2. The van der Waals surface area contributed by atoms with Crippen molar-refractivity contribution < 1.29 is 23.8 Å². The Hall–Kier alpha value is -2.14. The number of esters is 2. The van der Waals surface area contributed by atoms with Crippen molar-refractivity contribution in [2.45, 2.75) is 118 Å². The van der Waals surface area contributed by atoms with E-state index in [9.17, 15) is 9.59 Å². The maximum atomic E-state index is 13.0. The van der Waals surface area contributed by atoms with Gasteiger partial charge < -0.3 is 14.2 Å². The van der Waals surface area contributed by atoms with Gasteiger partial charge in [0.2, 0.25) is 0 Å². The summed E-state index contributed by atoms with van der Waals surface area (Å²) in [5.41, 5.74) is 1.79. The molecule has 0 spiro atoms. The van der Waals surface area contributed by atoms with Crippen LogP contribution in [0, 0.1) is 16.2 Å². The first-order valence-corrected chi connectivity index (χ1v) is 14.9. The van der Waals surface area contributed by atoms with Crippen molar-refractivity contribution in [3.63, 3.8) is 0 Å². The molecule has 1 fully saturated rings. The van der Waals surface area contributed by atoms with Crippen LogP contribution >= 0.6 is 0 Å². The van der Waals surface area contributed by atoms with E-state index in [-0.39, 0.29) is 22.8 Å². The lowest BCUT2D eigenvalue weighted by molar-refractivity contribution is -0.165. The third-order valence-corrected chi connectivity index (χ3v) is 8.31. The van der Waals surface area contributed by atoms with E-state index in [0.29, 0.717) is 18.6 Å². The Bertz CT molecular complexity index is 910. The number of hydrogen-bond acceptors (Lipinski definition) is 5. The highest BCUT2D eigenvalue weighted by atomic mass is 16.5. The van der Waals surface area contributed by atoms with Crippen LogP contribution in [0.1, 0.15) is 123 Å². The Morgan fingerprint density at radius 1 is 0.846 bits per heavy atom. The second kappa shape index (κ2) is 15.0. The second-order valence-electron chi connectivity index (χ2n) is 13.7. The van der Waals surface area contributed by atoms with Crippen LogP contribution < -0.4 is 0 Å². The summed E-state index contributed by atoms with van der Waals surface area (Å²) in [6.07, 6.45) is 13.0. The Morgan fingerprint density at radius 3 is 1.97 bits per heavy atom. The molecule has 0 N–H and O–H groups in total. The van der Waals surface area contributed by atoms with Crippen LogP contribution in [0.5, 0.6) is 0 Å². The number of methoxy groups -OCH3 is 1. The molecule has 0 saturated heterocycles. The summed E-state index contributed by atoms with van der Waals surface area (Å²) in [6.45, 7) is 16.3. The molecule has 1 saturated carbocycles. The van der Waals surface area contributed by atoms with Gasteiger partial charge in [0.15, 0.2) is 0 Å². The molecule has 5 heteroatoms. The van der Waals surface area contributed by atoms with Gasteiger partial charge in [-0.05, 0) is 92.2 Å². The Labute approximate surface area is 238 Å². The number of rotatable bonds is 13. The number of carbonyl (C=O) groups is 2. The van der Waals surface area contributed by atoms with Crippen molar-refractivity contribution in [2.24, 2.45) is 16.2 Å². The van der Waals surface area contributed by atoms with Crippen molar-refractivity contribution in [2.75, 3.05) is 20.3 Å². The van der Waals surface area contributed by atoms with Gasteiger partial charge in [-0.25, -0.2) is 4.79 Å². The zero-order valence-corrected chi connectivity index (χ0v) is 25.9. The molecule has 1 aliphatic carbocycles. The zero-order chi connectivity index (χ0) is 29.1. The molecule has 2 rings (SSSR count). The summed E-state index contributed by atoms with van der Waals surface area (Å²) >= 11 is 0. The SMILES string of the molecule is COC(=O)/C=C/c1ccc(C2CCC(OCCCCCCOC(=O)C(C)(CC(C)(C)C)C(C)(C)C)CC2)cc1. The van der Waals surface area contributed by atoms with Crippen LogP contribution in [0.25, 0.3) is 6.08 Å². The molecule has 1 aliphatic rings. The number of unbranched alkanes of at least 4 members (excludes halogenated alkanes) is 3. The maximum absolute atomic E-state index is 13.0. The minimum absolute atomic E-state index is 0.0600. The molecule has 0 aliphatic heterocycles. The Balaban J connectivity index is 1.60. The highest BCUT2D eigenvalue weighted by Gasteiger charge is 2.47. The first-order chi connectivity index (χ1) is 18.2. The molecule has 1 aromatic rings. The second-order valence-corrected chi connectivity index (χ2v) is 13.7. The summed E-state index contributed by atoms with van der Waals surface area (Å²) in [4.78, 5) is 24.3. The van der Waals surface area contributed by atoms with E-state index in [4.69, 9.17) is 9.47 Å². The van der Waals surface area contributed by atoms with Crippen molar-refractivity contribution in [1.29, 1.82) is 0 Å². The molecular formula is C34H54O5. The van der Waals surface area contributed by atoms with Gasteiger partial charge in [0, 0.05) is 12.7 Å². The fraction of sp³-hybridized carbons (Fsp3) is 0.706. The standard InChI is InChI=1S/C34H54O5/c1-32(2,3)25-34(7,33(4,5)6)31(36)39-24-12-10-9-11-23-38-29-20-18-28(19-21-29)27-16-13-26(14-17-27)15-22-30(35)37-8/h13-17,22,28-29H,9-12,18-21,23-25H2,1-8H3/b22-15+. The summed E-state index contributed by atoms with van der Waals surface area (Å²) in [5.74, 6) is 0.179. The lowest BCUT2D eigenvalue weighted by Gasteiger charge is -2.43. The van der Waals surface area contributed by atoms with Gasteiger partial charge in [0.05, 0.1) is 25.2 Å². The molecule has 1 aromatic carbocycles. The molecule has 0 heterocycles. The average molecular weight is 543 g/mol. The van der Waals surface area contributed by atoms with Crippen molar-refractivity contribution in [3.05, 3.63) is 41.5 Å². The fourth-order valence-electron chi connectivity index (χ4n) is 5.51. The molecule has 0 amide bonds. The van der Waals surface area contributed by atoms with E-state index in [1.54, 1.807) is 6.08 Å². The topological polar surface area (TPSA) is 61.8 Å². The zero-order valence-electron chi connectivity index (χ0n) is 25.9. The largest absolute Gasteiger partial charge is 0.466 e. The molecule has 0 bridgehead atoms. The Kier molecular flexibility index (Phi) is 12.7. The minimum atomic E-state index is -0.495. The molecule has 1 unspecified atom stereocenters. The lowest BCUT2D eigenvalue weighted by Crippen LogP contribution is -2.44. The number of hydrogen-bond donors (Lipinski definition) is 0. The van der Waals surface area contributed by atoms with Gasteiger partial charge in [-0.15, -0.1) is 0 Å². The van der Waals surface area contributed by atoms with Crippen molar-refractivity contribution in [1.82, 2.24) is 0 Å². The van der Waals surface area contributed by atoms with Crippen molar-refractivity contribution in [3.8, 4) is 0 Å². The monoisotopic (exact) mass is 542 g/mol. The Morgan fingerprint density at radius 2 is 1.44 bits per heavy atom. The van der Waals surface area contributed by atoms with E-state index < -0.39 is 5.41 Å². The van der Waals surface area contributed by atoms with Crippen molar-refractivity contribution >= 4 is 18.0 Å². The van der Waals surface area contributed by atoms with Crippen LogP contribution in [0.3, 0.4) is 0 Å². The maximum Gasteiger partial charge on any atom is 0.330 e. The summed E-state index contributed by atoms with van der Waals surface area (Å²) in [5, 5.41) is 0. The van der Waals surface area contributed by atoms with Gasteiger partial charge in [-0.3, -0.25) is 4.79 Å². The number of benzene rings is 1. The third-order valence-electron chi connectivity index (χ3n) is 8.31. The first-order valence-electron chi connectivity index (χ1n) is 14.9. The molecule has 1 atom stereocenters. The summed E-state index contributed by atoms with van der Waals surface area (Å²) in [7, 11) is 1.38. The molecule has 0 radical (unpaired) electrons. The molecule has 39 heavy (non-hydrogen) atoms. The fourth-order valence-corrected chi connectivity index (χ4v) is 5.51. The van der Waals surface area contributed by atoms with Crippen LogP contribution in [-0.4, -0.2) is 38.4 Å². The molecule has 5 nitrogen and oxygen atoms in total. The molecular weight excluding hydrogens is 488 g/mol. The first kappa shape index (κ1) is 33.1. The lowest BCUT2D eigenvalue weighted by atomic mass is 9.61. The van der Waals surface area contributed by atoms with E-state index in [0.717, 1.165) is 70.0 Å². The van der Waals surface area contributed by atoms with Crippen LogP contribution in [0.2, 0.25) is 0 Å². The average Bonchev–Trinajstić information content (AvgIpc) is 2.87. The predicted octanol–water partition coefficient (Wildman–Crippen LogP) is 8.51. The minimum Gasteiger partial charge on any atom is -0.466 e. The molecule has 220 valence electrons. The summed E-state index contributed by atoms with van der Waals surface area (Å²) in [6, 6.07) is 8.48. The normalized spacial score (nSPS) is 20.0. The molecule has 0 aromatic heterocycles. The van der Waals surface area contributed by atoms with E-state index in [2.05, 4.69) is 77.5 Å². The van der Waals surface area contributed by atoms with E-state index >= 15 is 0 Å². The van der Waals surface area contributed by atoms with Gasteiger partial charge in [-0.2, -0.15) is 0 Å². The van der Waals surface area contributed by atoms with Crippen LogP contribution in [0.15, 0.2) is 30.3 Å². The number of ether oxygens (including phenoxy) is 3. The predicted molar refractivity (Wildman–Crippen MR) is 160 cm³/mol.